The first-order chi connectivity index (χ1) is 8.41. The molecule has 5 heteroatoms. The third-order valence-corrected chi connectivity index (χ3v) is 2.73. The van der Waals surface area contributed by atoms with Gasteiger partial charge in [0.1, 0.15) is 0 Å². The van der Waals surface area contributed by atoms with Gasteiger partial charge in [0.05, 0.1) is 6.04 Å². The van der Waals surface area contributed by atoms with Crippen molar-refractivity contribution in [3.8, 4) is 0 Å². The molecule has 1 atom stereocenters. The highest BCUT2D eigenvalue weighted by molar-refractivity contribution is 5.92. The summed E-state index contributed by atoms with van der Waals surface area (Å²) in [7, 11) is 0. The van der Waals surface area contributed by atoms with Crippen LogP contribution in [0, 0.1) is 5.92 Å². The van der Waals surface area contributed by atoms with Gasteiger partial charge in [-0.3, -0.25) is 9.59 Å². The van der Waals surface area contributed by atoms with Crippen molar-refractivity contribution in [2.45, 2.75) is 26.4 Å². The number of rotatable bonds is 5. The molecule has 0 aliphatic carbocycles. The Kier molecular flexibility index (Phi) is 4.85. The SMILES string of the molecule is CC(C)C(N)C(=O)NCc1ccc(C(N)=O)cc1. The van der Waals surface area contributed by atoms with Crippen LogP contribution in [0.25, 0.3) is 0 Å². The van der Waals surface area contributed by atoms with E-state index in [2.05, 4.69) is 5.32 Å². The highest BCUT2D eigenvalue weighted by Crippen LogP contribution is 2.04. The van der Waals surface area contributed by atoms with Crippen LogP contribution in [0.5, 0.6) is 0 Å². The lowest BCUT2D eigenvalue weighted by Gasteiger charge is -2.15. The molecule has 1 aromatic carbocycles. The molecule has 0 saturated carbocycles. The summed E-state index contributed by atoms with van der Waals surface area (Å²) in [6, 6.07) is 6.26. The van der Waals surface area contributed by atoms with Gasteiger partial charge in [0, 0.05) is 12.1 Å². The maximum atomic E-state index is 11.6. The number of hydrogen-bond donors (Lipinski definition) is 3. The van der Waals surface area contributed by atoms with Crippen molar-refractivity contribution >= 4 is 11.8 Å². The lowest BCUT2D eigenvalue weighted by Crippen LogP contribution is -2.43. The second-order valence-electron chi connectivity index (χ2n) is 4.55. The molecule has 18 heavy (non-hydrogen) atoms. The van der Waals surface area contributed by atoms with Gasteiger partial charge in [0.2, 0.25) is 11.8 Å². The van der Waals surface area contributed by atoms with Gasteiger partial charge in [-0.15, -0.1) is 0 Å². The Morgan fingerprint density at radius 2 is 1.78 bits per heavy atom. The summed E-state index contributed by atoms with van der Waals surface area (Å²) in [5, 5.41) is 2.75. The van der Waals surface area contributed by atoms with Gasteiger partial charge >= 0.3 is 0 Å². The lowest BCUT2D eigenvalue weighted by molar-refractivity contribution is -0.123. The van der Waals surface area contributed by atoms with E-state index in [4.69, 9.17) is 11.5 Å². The molecule has 0 bridgehead atoms. The molecule has 0 aliphatic heterocycles. The molecular weight excluding hydrogens is 230 g/mol. The number of hydrogen-bond acceptors (Lipinski definition) is 3. The molecule has 1 aromatic rings. The van der Waals surface area contributed by atoms with Crippen LogP contribution in [0.3, 0.4) is 0 Å². The van der Waals surface area contributed by atoms with Crippen molar-refractivity contribution < 1.29 is 9.59 Å². The standard InChI is InChI=1S/C13H19N3O2/c1-8(2)11(14)13(18)16-7-9-3-5-10(6-4-9)12(15)17/h3-6,8,11H,7,14H2,1-2H3,(H2,15,17)(H,16,18). The Balaban J connectivity index is 2.54. The Labute approximate surface area is 107 Å². The van der Waals surface area contributed by atoms with Crippen molar-refractivity contribution in [2.24, 2.45) is 17.4 Å². The summed E-state index contributed by atoms with van der Waals surface area (Å²) >= 11 is 0. The monoisotopic (exact) mass is 249 g/mol. The van der Waals surface area contributed by atoms with E-state index in [1.807, 2.05) is 13.8 Å². The zero-order valence-corrected chi connectivity index (χ0v) is 10.6. The number of nitrogens with two attached hydrogens (primary N) is 2. The summed E-state index contributed by atoms with van der Waals surface area (Å²) in [5.74, 6) is -0.543. The summed E-state index contributed by atoms with van der Waals surface area (Å²) in [4.78, 5) is 22.5. The predicted octanol–water partition coefficient (Wildman–Crippen LogP) is 0.385. The zero-order chi connectivity index (χ0) is 13.7. The van der Waals surface area contributed by atoms with E-state index >= 15 is 0 Å². The molecule has 0 fully saturated rings. The van der Waals surface area contributed by atoms with Crippen LogP contribution in [0.2, 0.25) is 0 Å². The van der Waals surface area contributed by atoms with E-state index in [1.165, 1.54) is 0 Å². The van der Waals surface area contributed by atoms with Crippen LogP contribution in [-0.4, -0.2) is 17.9 Å². The van der Waals surface area contributed by atoms with Gasteiger partial charge in [0.25, 0.3) is 0 Å². The molecule has 0 saturated heterocycles. The first-order valence-corrected chi connectivity index (χ1v) is 5.84. The van der Waals surface area contributed by atoms with E-state index in [-0.39, 0.29) is 11.8 Å². The van der Waals surface area contributed by atoms with Gasteiger partial charge in [-0.25, -0.2) is 0 Å². The number of amides is 2. The van der Waals surface area contributed by atoms with Crippen LogP contribution < -0.4 is 16.8 Å². The first-order valence-electron chi connectivity index (χ1n) is 5.84. The van der Waals surface area contributed by atoms with Crippen LogP contribution in [0.15, 0.2) is 24.3 Å². The minimum Gasteiger partial charge on any atom is -0.366 e. The van der Waals surface area contributed by atoms with Gasteiger partial charge < -0.3 is 16.8 Å². The van der Waals surface area contributed by atoms with Crippen molar-refractivity contribution in [3.63, 3.8) is 0 Å². The van der Waals surface area contributed by atoms with Crippen LogP contribution >= 0.6 is 0 Å². The van der Waals surface area contributed by atoms with Crippen molar-refractivity contribution in [3.05, 3.63) is 35.4 Å². The summed E-state index contributed by atoms with van der Waals surface area (Å²) < 4.78 is 0. The van der Waals surface area contributed by atoms with Gasteiger partial charge in [0.15, 0.2) is 0 Å². The van der Waals surface area contributed by atoms with Gasteiger partial charge in [-0.05, 0) is 23.6 Å². The quantitative estimate of drug-likeness (QED) is 0.703. The van der Waals surface area contributed by atoms with Crippen molar-refractivity contribution in [2.75, 3.05) is 0 Å². The molecule has 5 N–H and O–H groups in total. The molecule has 5 nitrogen and oxygen atoms in total. The highest BCUT2D eigenvalue weighted by atomic mass is 16.2. The topological polar surface area (TPSA) is 98.2 Å². The van der Waals surface area contributed by atoms with E-state index < -0.39 is 11.9 Å². The Morgan fingerprint density at radius 3 is 2.22 bits per heavy atom. The summed E-state index contributed by atoms with van der Waals surface area (Å²) in [6.07, 6.45) is 0. The molecule has 1 unspecified atom stereocenters. The Hall–Kier alpha value is -1.88. The Bertz CT molecular complexity index is 426. The molecule has 0 aromatic heterocycles. The van der Waals surface area contributed by atoms with E-state index in [1.54, 1.807) is 24.3 Å². The first kappa shape index (κ1) is 14.2. The maximum Gasteiger partial charge on any atom is 0.248 e. The normalized spacial score (nSPS) is 12.2. The lowest BCUT2D eigenvalue weighted by atomic mass is 10.0. The molecule has 0 radical (unpaired) electrons. The van der Waals surface area contributed by atoms with Gasteiger partial charge in [-0.1, -0.05) is 26.0 Å². The molecular formula is C13H19N3O2. The molecule has 0 spiro atoms. The Morgan fingerprint density at radius 1 is 1.22 bits per heavy atom. The predicted molar refractivity (Wildman–Crippen MR) is 69.6 cm³/mol. The highest BCUT2D eigenvalue weighted by Gasteiger charge is 2.16. The minimum atomic E-state index is -0.505. The molecule has 0 aliphatic rings. The fourth-order valence-corrected chi connectivity index (χ4v) is 1.40. The second-order valence-corrected chi connectivity index (χ2v) is 4.55. The van der Waals surface area contributed by atoms with E-state index in [0.717, 1.165) is 5.56 Å². The molecule has 1 rings (SSSR count). The number of carbonyl (C=O) groups is 2. The number of nitrogens with one attached hydrogen (secondary N) is 1. The summed E-state index contributed by atoms with van der Waals surface area (Å²) in [6.45, 7) is 4.18. The molecule has 98 valence electrons. The smallest absolute Gasteiger partial charge is 0.248 e. The number of primary amides is 1. The third-order valence-electron chi connectivity index (χ3n) is 2.73. The van der Waals surface area contributed by atoms with Crippen molar-refractivity contribution in [1.82, 2.24) is 5.32 Å². The van der Waals surface area contributed by atoms with Crippen molar-refractivity contribution in [1.29, 1.82) is 0 Å². The largest absolute Gasteiger partial charge is 0.366 e. The summed E-state index contributed by atoms with van der Waals surface area (Å²) in [5.41, 5.74) is 12.2. The third kappa shape index (κ3) is 3.85. The van der Waals surface area contributed by atoms with Crippen LogP contribution in [-0.2, 0) is 11.3 Å². The average Bonchev–Trinajstić information content (AvgIpc) is 2.35. The van der Waals surface area contributed by atoms with Gasteiger partial charge in [-0.2, -0.15) is 0 Å². The minimum absolute atomic E-state index is 0.0993. The second kappa shape index (κ2) is 6.16. The average molecular weight is 249 g/mol. The maximum absolute atomic E-state index is 11.6. The molecule has 2 amide bonds. The fourth-order valence-electron chi connectivity index (χ4n) is 1.40. The number of benzene rings is 1. The van der Waals surface area contributed by atoms with Crippen LogP contribution in [0.1, 0.15) is 29.8 Å². The van der Waals surface area contributed by atoms with E-state index in [9.17, 15) is 9.59 Å². The zero-order valence-electron chi connectivity index (χ0n) is 10.6. The number of carbonyl (C=O) groups excluding carboxylic acids is 2. The molecule has 0 heterocycles. The van der Waals surface area contributed by atoms with Crippen LogP contribution in [0.4, 0.5) is 0 Å². The fraction of sp³-hybridized carbons (Fsp3) is 0.385. The van der Waals surface area contributed by atoms with E-state index in [0.29, 0.717) is 12.1 Å².